The average Bonchev–Trinajstić information content (AvgIpc) is 2.25. The number of nitrogens with one attached hydrogen (secondary N) is 1. The molecule has 0 spiro atoms. The van der Waals surface area contributed by atoms with E-state index < -0.39 is 0 Å². The topological polar surface area (TPSA) is 32.3 Å². The van der Waals surface area contributed by atoms with Crippen LogP contribution in [0.25, 0.3) is 0 Å². The molecule has 3 unspecified atom stereocenters. The molecule has 0 aromatic carbocycles. The van der Waals surface area contributed by atoms with Gasteiger partial charge in [0.1, 0.15) is 0 Å². The van der Waals surface area contributed by atoms with Gasteiger partial charge in [-0.05, 0) is 43.6 Å². The molecular weight excluding hydrogens is 198 g/mol. The average molecular weight is 227 g/mol. The summed E-state index contributed by atoms with van der Waals surface area (Å²) in [7, 11) is 0. The van der Waals surface area contributed by atoms with E-state index in [0.29, 0.717) is 18.4 Å². The Kier molecular flexibility index (Phi) is 5.26. The summed E-state index contributed by atoms with van der Waals surface area (Å²) in [5.41, 5.74) is -0.0121. The Hall–Kier alpha value is -0.0800. The highest BCUT2D eigenvalue weighted by Crippen LogP contribution is 2.40. The third-order valence-corrected chi connectivity index (χ3v) is 4.21. The van der Waals surface area contributed by atoms with Crippen LogP contribution in [0.2, 0.25) is 0 Å². The van der Waals surface area contributed by atoms with Crippen molar-refractivity contribution in [2.24, 2.45) is 17.8 Å². The summed E-state index contributed by atoms with van der Waals surface area (Å²) in [5.74, 6) is 2.02. The predicted octanol–water partition coefficient (Wildman–Crippen LogP) is 2.81. The van der Waals surface area contributed by atoms with E-state index in [9.17, 15) is 5.11 Å². The number of aliphatic hydroxyl groups is 1. The second kappa shape index (κ2) is 6.02. The predicted molar refractivity (Wildman–Crippen MR) is 69.5 cm³/mol. The molecule has 0 heterocycles. The highest BCUT2D eigenvalue weighted by molar-refractivity contribution is 4.99. The van der Waals surface area contributed by atoms with Gasteiger partial charge in [0, 0.05) is 5.54 Å². The van der Waals surface area contributed by atoms with Crippen LogP contribution in [0.5, 0.6) is 0 Å². The standard InChI is InChI=1S/C14H29NO/c1-5-8-15-14(10-16)9-12(4)6-7-13(14)11(2)3/h11-13,15-16H,5-10H2,1-4H3. The molecule has 0 radical (unpaired) electrons. The van der Waals surface area contributed by atoms with Crippen LogP contribution in [0.1, 0.15) is 53.4 Å². The van der Waals surface area contributed by atoms with Gasteiger partial charge < -0.3 is 10.4 Å². The van der Waals surface area contributed by atoms with E-state index in [2.05, 4.69) is 33.0 Å². The van der Waals surface area contributed by atoms with Crippen LogP contribution in [-0.2, 0) is 0 Å². The van der Waals surface area contributed by atoms with Crippen molar-refractivity contribution in [3.8, 4) is 0 Å². The summed E-state index contributed by atoms with van der Waals surface area (Å²) in [6.07, 6.45) is 4.85. The Bertz CT molecular complexity index is 205. The maximum absolute atomic E-state index is 9.84. The van der Waals surface area contributed by atoms with Gasteiger partial charge in [0.25, 0.3) is 0 Å². The van der Waals surface area contributed by atoms with Crippen LogP contribution < -0.4 is 5.32 Å². The van der Waals surface area contributed by atoms with Gasteiger partial charge in [-0.25, -0.2) is 0 Å². The molecule has 1 saturated carbocycles. The quantitative estimate of drug-likeness (QED) is 0.757. The molecule has 2 nitrogen and oxygen atoms in total. The molecule has 2 N–H and O–H groups in total. The first-order chi connectivity index (χ1) is 7.55. The first-order valence-corrected chi connectivity index (χ1v) is 6.91. The minimum atomic E-state index is -0.0121. The van der Waals surface area contributed by atoms with Gasteiger partial charge in [-0.1, -0.05) is 34.1 Å². The number of rotatable bonds is 5. The molecular formula is C14H29NO. The summed E-state index contributed by atoms with van der Waals surface area (Å²) in [6, 6.07) is 0. The maximum Gasteiger partial charge on any atom is 0.0616 e. The number of hydrogen-bond acceptors (Lipinski definition) is 2. The zero-order valence-corrected chi connectivity index (χ0v) is 11.4. The van der Waals surface area contributed by atoms with Crippen molar-refractivity contribution in [2.75, 3.05) is 13.2 Å². The van der Waals surface area contributed by atoms with Crippen molar-refractivity contribution < 1.29 is 5.11 Å². The fourth-order valence-electron chi connectivity index (χ4n) is 3.40. The van der Waals surface area contributed by atoms with Crippen molar-refractivity contribution in [2.45, 2.75) is 58.9 Å². The second-order valence-corrected chi connectivity index (χ2v) is 5.98. The lowest BCUT2D eigenvalue weighted by molar-refractivity contribution is 0.0239. The van der Waals surface area contributed by atoms with E-state index >= 15 is 0 Å². The van der Waals surface area contributed by atoms with Gasteiger partial charge in [0.05, 0.1) is 6.61 Å². The Balaban J connectivity index is 2.79. The van der Waals surface area contributed by atoms with Crippen LogP contribution in [0.4, 0.5) is 0 Å². The maximum atomic E-state index is 9.84. The minimum absolute atomic E-state index is 0.0121. The molecule has 0 saturated heterocycles. The molecule has 0 aromatic rings. The molecule has 1 fully saturated rings. The van der Waals surface area contributed by atoms with Gasteiger partial charge in [0.2, 0.25) is 0 Å². The van der Waals surface area contributed by atoms with E-state index in [0.717, 1.165) is 25.3 Å². The lowest BCUT2D eigenvalue weighted by Gasteiger charge is -2.48. The lowest BCUT2D eigenvalue weighted by Crippen LogP contribution is -2.58. The number of aliphatic hydroxyl groups excluding tert-OH is 1. The smallest absolute Gasteiger partial charge is 0.0616 e. The Morgan fingerprint density at radius 1 is 1.38 bits per heavy atom. The third-order valence-electron chi connectivity index (χ3n) is 4.21. The van der Waals surface area contributed by atoms with Crippen molar-refractivity contribution in [1.29, 1.82) is 0 Å². The Labute approximate surface area is 101 Å². The summed E-state index contributed by atoms with van der Waals surface area (Å²) in [6.45, 7) is 10.4. The van der Waals surface area contributed by atoms with Crippen molar-refractivity contribution in [3.05, 3.63) is 0 Å². The Morgan fingerprint density at radius 2 is 2.06 bits per heavy atom. The molecule has 96 valence electrons. The molecule has 1 aliphatic rings. The van der Waals surface area contributed by atoms with Gasteiger partial charge >= 0.3 is 0 Å². The first kappa shape index (κ1) is 14.0. The summed E-state index contributed by atoms with van der Waals surface area (Å²) < 4.78 is 0. The Morgan fingerprint density at radius 3 is 2.56 bits per heavy atom. The summed E-state index contributed by atoms with van der Waals surface area (Å²) in [4.78, 5) is 0. The highest BCUT2D eigenvalue weighted by atomic mass is 16.3. The van der Waals surface area contributed by atoms with E-state index in [4.69, 9.17) is 0 Å². The zero-order valence-electron chi connectivity index (χ0n) is 11.4. The molecule has 0 aromatic heterocycles. The van der Waals surface area contributed by atoms with E-state index in [1.54, 1.807) is 0 Å². The SMILES string of the molecule is CCCNC1(CO)CC(C)CCC1C(C)C. The van der Waals surface area contributed by atoms with Gasteiger partial charge in [-0.15, -0.1) is 0 Å². The van der Waals surface area contributed by atoms with E-state index in [-0.39, 0.29) is 5.54 Å². The molecule has 0 amide bonds. The zero-order chi connectivity index (χ0) is 12.2. The van der Waals surface area contributed by atoms with Crippen LogP contribution in [-0.4, -0.2) is 23.8 Å². The summed E-state index contributed by atoms with van der Waals surface area (Å²) in [5, 5.41) is 13.5. The van der Waals surface area contributed by atoms with Crippen molar-refractivity contribution in [3.63, 3.8) is 0 Å². The van der Waals surface area contributed by atoms with Gasteiger partial charge in [-0.3, -0.25) is 0 Å². The molecule has 2 heteroatoms. The lowest BCUT2D eigenvalue weighted by atomic mass is 9.65. The molecule has 1 rings (SSSR count). The normalized spacial score (nSPS) is 35.6. The van der Waals surface area contributed by atoms with Gasteiger partial charge in [-0.2, -0.15) is 0 Å². The van der Waals surface area contributed by atoms with E-state index in [1.165, 1.54) is 12.8 Å². The van der Waals surface area contributed by atoms with Crippen LogP contribution in [0, 0.1) is 17.8 Å². The highest BCUT2D eigenvalue weighted by Gasteiger charge is 2.43. The number of hydrogen-bond donors (Lipinski definition) is 2. The van der Waals surface area contributed by atoms with Crippen LogP contribution >= 0.6 is 0 Å². The van der Waals surface area contributed by atoms with Crippen LogP contribution in [0.15, 0.2) is 0 Å². The molecule has 1 aliphatic carbocycles. The first-order valence-electron chi connectivity index (χ1n) is 6.91. The molecule has 3 atom stereocenters. The minimum Gasteiger partial charge on any atom is -0.394 e. The van der Waals surface area contributed by atoms with Crippen molar-refractivity contribution in [1.82, 2.24) is 5.32 Å². The van der Waals surface area contributed by atoms with Crippen LogP contribution in [0.3, 0.4) is 0 Å². The second-order valence-electron chi connectivity index (χ2n) is 5.98. The largest absolute Gasteiger partial charge is 0.394 e. The molecule has 0 bridgehead atoms. The fourth-order valence-corrected chi connectivity index (χ4v) is 3.40. The summed E-state index contributed by atoms with van der Waals surface area (Å²) >= 11 is 0. The van der Waals surface area contributed by atoms with E-state index in [1.807, 2.05) is 0 Å². The monoisotopic (exact) mass is 227 g/mol. The molecule has 16 heavy (non-hydrogen) atoms. The molecule has 0 aliphatic heterocycles. The fraction of sp³-hybridized carbons (Fsp3) is 1.00. The third kappa shape index (κ3) is 2.98. The van der Waals surface area contributed by atoms with Crippen molar-refractivity contribution >= 4 is 0 Å². The van der Waals surface area contributed by atoms with Gasteiger partial charge in [0.15, 0.2) is 0 Å².